The summed E-state index contributed by atoms with van der Waals surface area (Å²) in [4.78, 5) is 2.31. The summed E-state index contributed by atoms with van der Waals surface area (Å²) in [6, 6.07) is 0. The Morgan fingerprint density at radius 1 is 1.07 bits per heavy atom. The first kappa shape index (κ1) is 13.9. The summed E-state index contributed by atoms with van der Waals surface area (Å²) in [5.74, 6) is 0. The van der Waals surface area contributed by atoms with Crippen LogP contribution in [-0.4, -0.2) is 36.8 Å². The lowest BCUT2D eigenvalue weighted by Gasteiger charge is -2.30. The van der Waals surface area contributed by atoms with Gasteiger partial charge in [-0.3, -0.25) is 0 Å². The van der Waals surface area contributed by atoms with E-state index in [4.69, 9.17) is 5.11 Å². The summed E-state index contributed by atoms with van der Waals surface area (Å²) < 4.78 is 0. The normalized spacial score (nSPS) is 13.7. The van der Waals surface area contributed by atoms with Crippen molar-refractivity contribution in [2.24, 2.45) is 10.8 Å². The van der Waals surface area contributed by atoms with Crippen LogP contribution in [0, 0.1) is 10.8 Å². The molecule has 0 aromatic rings. The fourth-order valence-corrected chi connectivity index (χ4v) is 1.39. The lowest BCUT2D eigenvalue weighted by molar-refractivity contribution is 0.110. The van der Waals surface area contributed by atoms with Gasteiger partial charge in [-0.2, -0.15) is 0 Å². The number of aliphatic hydroxyl groups excluding tert-OH is 1. The van der Waals surface area contributed by atoms with Gasteiger partial charge in [-0.15, -0.1) is 0 Å². The average molecular weight is 201 g/mol. The second kappa shape index (κ2) is 5.13. The van der Waals surface area contributed by atoms with E-state index in [-0.39, 0.29) is 12.0 Å². The van der Waals surface area contributed by atoms with E-state index >= 15 is 0 Å². The van der Waals surface area contributed by atoms with Gasteiger partial charge in [0.1, 0.15) is 0 Å². The molecule has 0 aliphatic carbocycles. The van der Waals surface area contributed by atoms with Gasteiger partial charge in [0.25, 0.3) is 0 Å². The molecule has 0 amide bonds. The van der Waals surface area contributed by atoms with Crippen molar-refractivity contribution >= 4 is 0 Å². The lowest BCUT2D eigenvalue weighted by atomic mass is 9.91. The van der Waals surface area contributed by atoms with Crippen molar-refractivity contribution in [3.8, 4) is 0 Å². The van der Waals surface area contributed by atoms with Crippen molar-refractivity contribution in [1.82, 2.24) is 4.90 Å². The molecular weight excluding hydrogens is 174 g/mol. The van der Waals surface area contributed by atoms with Crippen molar-refractivity contribution in [3.05, 3.63) is 0 Å². The van der Waals surface area contributed by atoms with Gasteiger partial charge in [-0.25, -0.2) is 0 Å². The Balaban J connectivity index is 3.82. The summed E-state index contributed by atoms with van der Waals surface area (Å²) in [5.41, 5.74) is 0.421. The molecule has 0 aromatic heterocycles. The summed E-state index contributed by atoms with van der Waals surface area (Å²) in [5, 5.41) is 9.14. The van der Waals surface area contributed by atoms with Crippen LogP contribution in [-0.2, 0) is 0 Å². The van der Waals surface area contributed by atoms with Crippen LogP contribution in [0.5, 0.6) is 0 Å². The average Bonchev–Trinajstić information content (AvgIpc) is 1.99. The second-order valence-electron chi connectivity index (χ2n) is 6.37. The van der Waals surface area contributed by atoms with E-state index in [0.29, 0.717) is 5.41 Å². The third-order valence-corrected chi connectivity index (χ3v) is 2.37. The van der Waals surface area contributed by atoms with E-state index in [1.54, 1.807) is 0 Å². The molecule has 1 N–H and O–H groups in total. The third-order valence-electron chi connectivity index (χ3n) is 2.37. The number of hydrogen-bond acceptors (Lipinski definition) is 2. The predicted molar refractivity (Wildman–Crippen MR) is 62.4 cm³/mol. The molecule has 2 nitrogen and oxygen atoms in total. The standard InChI is InChI=1S/C12H27NO/c1-11(2,3)7-8-13(6)9-12(4,5)10-14/h14H,7-10H2,1-6H3. The molecule has 0 aliphatic rings. The molecule has 86 valence electrons. The summed E-state index contributed by atoms with van der Waals surface area (Å²) in [6.45, 7) is 13.3. The fourth-order valence-electron chi connectivity index (χ4n) is 1.39. The molecule has 0 spiro atoms. The third kappa shape index (κ3) is 7.34. The maximum absolute atomic E-state index is 9.14. The van der Waals surface area contributed by atoms with Crippen LogP contribution in [0.15, 0.2) is 0 Å². The summed E-state index contributed by atoms with van der Waals surface area (Å²) >= 11 is 0. The molecule has 0 unspecified atom stereocenters. The minimum atomic E-state index is 0.0205. The Labute approximate surface area is 89.3 Å². The summed E-state index contributed by atoms with van der Waals surface area (Å²) in [6.07, 6.45) is 1.20. The van der Waals surface area contributed by atoms with Crippen LogP contribution < -0.4 is 0 Å². The minimum absolute atomic E-state index is 0.0205. The minimum Gasteiger partial charge on any atom is -0.396 e. The van der Waals surface area contributed by atoms with Gasteiger partial charge in [0, 0.05) is 18.6 Å². The first-order chi connectivity index (χ1) is 6.16. The predicted octanol–water partition coefficient (Wildman–Crippen LogP) is 2.37. The van der Waals surface area contributed by atoms with Crippen LogP contribution in [0.25, 0.3) is 0 Å². The second-order valence-corrected chi connectivity index (χ2v) is 6.37. The highest BCUT2D eigenvalue weighted by molar-refractivity contribution is 4.72. The largest absolute Gasteiger partial charge is 0.396 e. The monoisotopic (exact) mass is 201 g/mol. The first-order valence-corrected chi connectivity index (χ1v) is 5.46. The number of aliphatic hydroxyl groups is 1. The van der Waals surface area contributed by atoms with Gasteiger partial charge >= 0.3 is 0 Å². The van der Waals surface area contributed by atoms with Gasteiger partial charge < -0.3 is 10.0 Å². The Bertz CT molecular complexity index is 158. The smallest absolute Gasteiger partial charge is 0.0494 e. The highest BCUT2D eigenvalue weighted by Crippen LogP contribution is 2.20. The van der Waals surface area contributed by atoms with Gasteiger partial charge in [0.05, 0.1) is 0 Å². The van der Waals surface area contributed by atoms with Crippen molar-refractivity contribution in [2.45, 2.75) is 41.0 Å². The van der Waals surface area contributed by atoms with E-state index in [1.807, 2.05) is 0 Å². The highest BCUT2D eigenvalue weighted by Gasteiger charge is 2.19. The van der Waals surface area contributed by atoms with Gasteiger partial charge in [-0.1, -0.05) is 34.6 Å². The first-order valence-electron chi connectivity index (χ1n) is 5.46. The van der Waals surface area contributed by atoms with Crippen LogP contribution in [0.1, 0.15) is 41.0 Å². The molecule has 0 bridgehead atoms. The Hall–Kier alpha value is -0.0800. The van der Waals surface area contributed by atoms with E-state index in [9.17, 15) is 0 Å². The van der Waals surface area contributed by atoms with Crippen LogP contribution in [0.3, 0.4) is 0 Å². The molecule has 0 aromatic carbocycles. The molecule has 2 heteroatoms. The molecule has 0 saturated heterocycles. The van der Waals surface area contributed by atoms with Crippen molar-refractivity contribution in [3.63, 3.8) is 0 Å². The molecule has 0 aliphatic heterocycles. The number of hydrogen-bond donors (Lipinski definition) is 1. The maximum atomic E-state index is 9.14. The molecule has 14 heavy (non-hydrogen) atoms. The Kier molecular flexibility index (Phi) is 5.10. The SMILES string of the molecule is CN(CCC(C)(C)C)CC(C)(C)CO. The maximum Gasteiger partial charge on any atom is 0.0494 e. The van der Waals surface area contributed by atoms with Crippen molar-refractivity contribution in [2.75, 3.05) is 26.7 Å². The highest BCUT2D eigenvalue weighted by atomic mass is 16.3. The molecule has 0 atom stereocenters. The van der Waals surface area contributed by atoms with Crippen LogP contribution in [0.4, 0.5) is 0 Å². The Morgan fingerprint density at radius 3 is 1.93 bits per heavy atom. The Morgan fingerprint density at radius 2 is 1.57 bits per heavy atom. The molecule has 0 saturated carbocycles. The van der Waals surface area contributed by atoms with Gasteiger partial charge in [0.2, 0.25) is 0 Å². The zero-order valence-electron chi connectivity index (χ0n) is 10.7. The zero-order chi connectivity index (χ0) is 11.4. The number of nitrogens with zero attached hydrogens (tertiary/aromatic N) is 1. The molecular formula is C12H27NO. The topological polar surface area (TPSA) is 23.5 Å². The van der Waals surface area contributed by atoms with E-state index in [2.05, 4.69) is 46.6 Å². The molecule has 0 heterocycles. The molecule has 0 radical (unpaired) electrons. The lowest BCUT2D eigenvalue weighted by Crippen LogP contribution is -2.35. The molecule has 0 rings (SSSR count). The van der Waals surface area contributed by atoms with Gasteiger partial charge in [-0.05, 0) is 25.4 Å². The van der Waals surface area contributed by atoms with E-state index in [0.717, 1.165) is 13.1 Å². The number of rotatable bonds is 5. The summed E-state index contributed by atoms with van der Waals surface area (Å²) in [7, 11) is 2.13. The fraction of sp³-hybridized carbons (Fsp3) is 1.00. The molecule has 0 fully saturated rings. The van der Waals surface area contributed by atoms with Crippen molar-refractivity contribution < 1.29 is 5.11 Å². The van der Waals surface area contributed by atoms with Gasteiger partial charge in [0.15, 0.2) is 0 Å². The van der Waals surface area contributed by atoms with Crippen molar-refractivity contribution in [1.29, 1.82) is 0 Å². The van der Waals surface area contributed by atoms with Crippen LogP contribution in [0.2, 0.25) is 0 Å². The van der Waals surface area contributed by atoms with E-state index in [1.165, 1.54) is 6.42 Å². The van der Waals surface area contributed by atoms with E-state index < -0.39 is 0 Å². The van der Waals surface area contributed by atoms with Crippen LogP contribution >= 0.6 is 0 Å². The quantitative estimate of drug-likeness (QED) is 0.738. The zero-order valence-corrected chi connectivity index (χ0v) is 10.7.